The Morgan fingerprint density at radius 1 is 1.53 bits per heavy atom. The van der Waals surface area contributed by atoms with Crippen LogP contribution >= 0.6 is 11.3 Å². The first-order chi connectivity index (χ1) is 8.70. The van der Waals surface area contributed by atoms with Crippen LogP contribution in [0.1, 0.15) is 26.5 Å². The number of nitrogens with zero attached hydrogens (tertiary/aromatic N) is 2. The fourth-order valence-electron chi connectivity index (χ4n) is 1.39. The van der Waals surface area contributed by atoms with Gasteiger partial charge in [-0.05, 0) is 20.8 Å². The van der Waals surface area contributed by atoms with Crippen LogP contribution in [0.5, 0.6) is 0 Å². The van der Waals surface area contributed by atoms with Gasteiger partial charge in [0.15, 0.2) is 0 Å². The molecule has 0 bridgehead atoms. The molecule has 1 heterocycles. The molecule has 0 aliphatic rings. The van der Waals surface area contributed by atoms with Crippen molar-refractivity contribution in [1.82, 2.24) is 9.88 Å². The molecule has 0 saturated heterocycles. The Hall–Kier alpha value is -1.63. The molecule has 1 aromatic rings. The molecule has 0 spiro atoms. The highest BCUT2D eigenvalue weighted by molar-refractivity contribution is 7.07. The zero-order valence-corrected chi connectivity index (χ0v) is 12.2. The minimum atomic E-state index is -1.08. The quantitative estimate of drug-likeness (QED) is 0.915. The van der Waals surface area contributed by atoms with E-state index < -0.39 is 23.7 Å². The van der Waals surface area contributed by atoms with E-state index in [-0.39, 0.29) is 6.42 Å². The molecule has 1 amide bonds. The normalized spacial score (nSPS) is 12.8. The van der Waals surface area contributed by atoms with Crippen LogP contribution in [0, 0.1) is 0 Å². The van der Waals surface area contributed by atoms with Gasteiger partial charge in [-0.15, -0.1) is 11.3 Å². The van der Waals surface area contributed by atoms with Gasteiger partial charge in [-0.2, -0.15) is 0 Å². The number of carbonyl (C=O) groups is 2. The van der Waals surface area contributed by atoms with Gasteiger partial charge in [0.2, 0.25) is 0 Å². The Labute approximate surface area is 116 Å². The SMILES string of the molecule is CN(C(=O)OC(C)(C)C)C(Cc1cscn1)C(=O)O. The summed E-state index contributed by atoms with van der Waals surface area (Å²) in [6.45, 7) is 5.19. The van der Waals surface area contributed by atoms with E-state index in [0.717, 1.165) is 4.90 Å². The molecule has 1 rings (SSSR count). The topological polar surface area (TPSA) is 79.7 Å². The van der Waals surface area contributed by atoms with E-state index in [4.69, 9.17) is 4.74 Å². The summed E-state index contributed by atoms with van der Waals surface area (Å²) in [5.74, 6) is -1.08. The van der Waals surface area contributed by atoms with Gasteiger partial charge < -0.3 is 9.84 Å². The lowest BCUT2D eigenvalue weighted by molar-refractivity contribution is -0.142. The third-order valence-corrected chi connectivity index (χ3v) is 2.96. The van der Waals surface area contributed by atoms with Crippen molar-refractivity contribution in [3.8, 4) is 0 Å². The number of carboxylic acids is 1. The van der Waals surface area contributed by atoms with Crippen LogP contribution in [0.15, 0.2) is 10.9 Å². The fraction of sp³-hybridized carbons (Fsp3) is 0.583. The van der Waals surface area contributed by atoms with Gasteiger partial charge in [-0.25, -0.2) is 14.6 Å². The van der Waals surface area contributed by atoms with E-state index in [9.17, 15) is 14.7 Å². The predicted octanol–water partition coefficient (Wildman–Crippen LogP) is 2.01. The molecule has 0 aromatic carbocycles. The van der Waals surface area contributed by atoms with Crippen molar-refractivity contribution in [2.24, 2.45) is 0 Å². The number of hydrogen-bond acceptors (Lipinski definition) is 5. The first-order valence-electron chi connectivity index (χ1n) is 5.76. The van der Waals surface area contributed by atoms with E-state index in [1.54, 1.807) is 31.7 Å². The van der Waals surface area contributed by atoms with Gasteiger partial charge in [0.25, 0.3) is 0 Å². The summed E-state index contributed by atoms with van der Waals surface area (Å²) < 4.78 is 5.16. The van der Waals surface area contributed by atoms with Crippen molar-refractivity contribution >= 4 is 23.4 Å². The van der Waals surface area contributed by atoms with Crippen LogP contribution in [-0.2, 0) is 16.0 Å². The minimum Gasteiger partial charge on any atom is -0.480 e. The molecule has 0 saturated carbocycles. The van der Waals surface area contributed by atoms with Crippen LogP contribution < -0.4 is 0 Å². The first kappa shape index (κ1) is 15.4. The number of aromatic nitrogens is 1. The van der Waals surface area contributed by atoms with Crippen molar-refractivity contribution in [3.05, 3.63) is 16.6 Å². The molecule has 0 radical (unpaired) electrons. The number of hydrogen-bond donors (Lipinski definition) is 1. The highest BCUT2D eigenvalue weighted by atomic mass is 32.1. The number of ether oxygens (including phenoxy) is 1. The van der Waals surface area contributed by atoms with Crippen molar-refractivity contribution in [3.63, 3.8) is 0 Å². The second kappa shape index (κ2) is 6.01. The van der Waals surface area contributed by atoms with Crippen molar-refractivity contribution in [1.29, 1.82) is 0 Å². The molecule has 0 fully saturated rings. The second-order valence-corrected chi connectivity index (χ2v) is 5.85. The largest absolute Gasteiger partial charge is 0.480 e. The molecule has 1 atom stereocenters. The molecule has 106 valence electrons. The molecule has 0 aliphatic heterocycles. The number of carboxylic acid groups (broad SMARTS) is 1. The molecular formula is C12H18N2O4S. The van der Waals surface area contributed by atoms with Gasteiger partial charge in [-0.1, -0.05) is 0 Å². The van der Waals surface area contributed by atoms with Crippen LogP contribution in [-0.4, -0.2) is 45.7 Å². The van der Waals surface area contributed by atoms with Crippen LogP contribution in [0.4, 0.5) is 4.79 Å². The fourth-order valence-corrected chi connectivity index (χ4v) is 1.96. The molecule has 0 aliphatic carbocycles. The molecular weight excluding hydrogens is 268 g/mol. The second-order valence-electron chi connectivity index (χ2n) is 5.13. The van der Waals surface area contributed by atoms with Gasteiger partial charge in [0.05, 0.1) is 11.2 Å². The van der Waals surface area contributed by atoms with Crippen LogP contribution in [0.3, 0.4) is 0 Å². The molecule has 19 heavy (non-hydrogen) atoms. The zero-order valence-electron chi connectivity index (χ0n) is 11.4. The number of rotatable bonds is 4. The van der Waals surface area contributed by atoms with Crippen LogP contribution in [0.2, 0.25) is 0 Å². The summed E-state index contributed by atoms with van der Waals surface area (Å²) in [7, 11) is 1.42. The Morgan fingerprint density at radius 2 is 2.16 bits per heavy atom. The van der Waals surface area contributed by atoms with Gasteiger partial charge in [0, 0.05) is 18.8 Å². The highest BCUT2D eigenvalue weighted by Gasteiger charge is 2.30. The Kier molecular flexibility index (Phi) is 4.88. The standard InChI is InChI=1S/C12H18N2O4S/c1-12(2,3)18-11(17)14(4)9(10(15)16)5-8-6-19-7-13-8/h6-7,9H,5H2,1-4H3,(H,15,16). The Balaban J connectivity index is 2.76. The maximum atomic E-state index is 11.9. The van der Waals surface area contributed by atoms with Gasteiger partial charge >= 0.3 is 12.1 Å². The van der Waals surface area contributed by atoms with Crippen molar-refractivity contribution in [2.45, 2.75) is 38.8 Å². The maximum Gasteiger partial charge on any atom is 0.410 e. The highest BCUT2D eigenvalue weighted by Crippen LogP contribution is 2.14. The minimum absolute atomic E-state index is 0.161. The number of aliphatic carboxylic acids is 1. The smallest absolute Gasteiger partial charge is 0.410 e. The summed E-state index contributed by atoms with van der Waals surface area (Å²) in [6.07, 6.45) is -0.496. The average Bonchev–Trinajstić information content (AvgIpc) is 2.74. The van der Waals surface area contributed by atoms with Crippen molar-refractivity contribution in [2.75, 3.05) is 7.05 Å². The summed E-state index contributed by atoms with van der Waals surface area (Å²) in [5, 5.41) is 11.0. The summed E-state index contributed by atoms with van der Waals surface area (Å²) in [6, 6.07) is -0.989. The van der Waals surface area contributed by atoms with Gasteiger partial charge in [0.1, 0.15) is 11.6 Å². The molecule has 6 nitrogen and oxygen atoms in total. The van der Waals surface area contributed by atoms with Crippen molar-refractivity contribution < 1.29 is 19.4 Å². The summed E-state index contributed by atoms with van der Waals surface area (Å²) >= 11 is 1.38. The molecule has 1 aromatic heterocycles. The predicted molar refractivity (Wildman–Crippen MR) is 71.2 cm³/mol. The van der Waals surface area contributed by atoms with E-state index >= 15 is 0 Å². The van der Waals surface area contributed by atoms with Gasteiger partial charge in [-0.3, -0.25) is 4.90 Å². The van der Waals surface area contributed by atoms with E-state index in [0.29, 0.717) is 5.69 Å². The van der Waals surface area contributed by atoms with Crippen LogP contribution in [0.25, 0.3) is 0 Å². The monoisotopic (exact) mass is 286 g/mol. The number of likely N-dealkylation sites (N-methyl/N-ethyl adjacent to an activating group) is 1. The first-order valence-corrected chi connectivity index (χ1v) is 6.70. The molecule has 7 heteroatoms. The number of amides is 1. The Morgan fingerprint density at radius 3 is 2.58 bits per heavy atom. The third kappa shape index (κ3) is 4.86. The maximum absolute atomic E-state index is 11.9. The summed E-state index contributed by atoms with van der Waals surface area (Å²) in [5.41, 5.74) is 1.62. The number of thiazole rings is 1. The van der Waals surface area contributed by atoms with E-state index in [1.807, 2.05) is 0 Å². The Bertz CT molecular complexity index is 439. The zero-order chi connectivity index (χ0) is 14.6. The molecule has 1 N–H and O–H groups in total. The van der Waals surface area contributed by atoms with E-state index in [1.165, 1.54) is 18.4 Å². The molecule has 1 unspecified atom stereocenters. The lowest BCUT2D eigenvalue weighted by Gasteiger charge is -2.28. The average molecular weight is 286 g/mol. The van der Waals surface area contributed by atoms with E-state index in [2.05, 4.69) is 4.98 Å². The summed E-state index contributed by atoms with van der Waals surface area (Å²) in [4.78, 5) is 28.2. The lowest BCUT2D eigenvalue weighted by atomic mass is 10.1. The lowest BCUT2D eigenvalue weighted by Crippen LogP contribution is -2.46. The third-order valence-electron chi connectivity index (χ3n) is 2.32. The number of carbonyl (C=O) groups excluding carboxylic acids is 1.